The molecule has 5 heteroatoms. The Morgan fingerprint density at radius 1 is 1.47 bits per heavy atom. The van der Waals surface area contributed by atoms with E-state index in [9.17, 15) is 4.79 Å². The monoisotopic (exact) mass is 265 g/mol. The Bertz CT molecular complexity index is 419. The molecule has 0 aliphatic carbocycles. The summed E-state index contributed by atoms with van der Waals surface area (Å²) >= 11 is 0. The number of aromatic nitrogens is 1. The summed E-state index contributed by atoms with van der Waals surface area (Å²) in [6, 6.07) is 1.70. The second kappa shape index (κ2) is 7.74. The lowest BCUT2D eigenvalue weighted by atomic mass is 10.2. The molecule has 19 heavy (non-hydrogen) atoms. The average molecular weight is 265 g/mol. The molecular formula is C14H23N3O2. The van der Waals surface area contributed by atoms with Crippen molar-refractivity contribution >= 4 is 11.6 Å². The Morgan fingerprint density at radius 3 is 2.84 bits per heavy atom. The summed E-state index contributed by atoms with van der Waals surface area (Å²) in [5, 5.41) is 2.83. The maximum Gasteiger partial charge on any atom is 0.254 e. The fourth-order valence-electron chi connectivity index (χ4n) is 1.61. The highest BCUT2D eigenvalue weighted by Crippen LogP contribution is 2.10. The lowest BCUT2D eigenvalue weighted by Gasteiger charge is -2.09. The minimum Gasteiger partial charge on any atom is -0.398 e. The van der Waals surface area contributed by atoms with Crippen molar-refractivity contribution in [3.63, 3.8) is 0 Å². The molecule has 0 unspecified atom stereocenters. The van der Waals surface area contributed by atoms with Crippen LogP contribution in [0.15, 0.2) is 12.3 Å². The number of hydrogen-bond acceptors (Lipinski definition) is 4. The van der Waals surface area contributed by atoms with E-state index in [1.54, 1.807) is 6.07 Å². The number of anilines is 1. The fraction of sp³-hybridized carbons (Fsp3) is 0.571. The number of pyridine rings is 1. The highest BCUT2D eigenvalue weighted by molar-refractivity contribution is 5.98. The molecule has 1 heterocycles. The van der Waals surface area contributed by atoms with Crippen LogP contribution < -0.4 is 11.1 Å². The fourth-order valence-corrected chi connectivity index (χ4v) is 1.61. The van der Waals surface area contributed by atoms with Crippen LogP contribution in [-0.2, 0) is 4.74 Å². The van der Waals surface area contributed by atoms with Gasteiger partial charge >= 0.3 is 0 Å². The van der Waals surface area contributed by atoms with Crippen LogP contribution >= 0.6 is 0 Å². The van der Waals surface area contributed by atoms with Crippen LogP contribution in [0.3, 0.4) is 0 Å². The predicted molar refractivity (Wildman–Crippen MR) is 76.0 cm³/mol. The SMILES string of the molecule is Cc1cc(N)c(C(=O)NCCCCOC(C)C)cn1. The molecule has 0 spiro atoms. The van der Waals surface area contributed by atoms with Crippen molar-refractivity contribution in [1.29, 1.82) is 0 Å². The third kappa shape index (κ3) is 5.70. The number of amides is 1. The van der Waals surface area contributed by atoms with E-state index >= 15 is 0 Å². The minimum atomic E-state index is -0.172. The van der Waals surface area contributed by atoms with Gasteiger partial charge in [-0.3, -0.25) is 9.78 Å². The third-order valence-corrected chi connectivity index (χ3v) is 2.63. The van der Waals surface area contributed by atoms with Crippen molar-refractivity contribution in [1.82, 2.24) is 10.3 Å². The predicted octanol–water partition coefficient (Wildman–Crippen LogP) is 1.91. The van der Waals surface area contributed by atoms with E-state index in [1.807, 2.05) is 20.8 Å². The summed E-state index contributed by atoms with van der Waals surface area (Å²) in [6.07, 6.45) is 3.59. The van der Waals surface area contributed by atoms with E-state index in [0.29, 0.717) is 17.8 Å². The van der Waals surface area contributed by atoms with Gasteiger partial charge in [0.05, 0.1) is 11.7 Å². The van der Waals surface area contributed by atoms with Crippen LogP contribution in [0.5, 0.6) is 0 Å². The van der Waals surface area contributed by atoms with Crippen molar-refractivity contribution in [2.45, 2.75) is 39.7 Å². The van der Waals surface area contributed by atoms with Crippen molar-refractivity contribution in [2.75, 3.05) is 18.9 Å². The molecule has 1 aromatic rings. The molecule has 0 aliphatic heterocycles. The molecule has 0 radical (unpaired) electrons. The molecule has 3 N–H and O–H groups in total. The molecule has 1 rings (SSSR count). The number of hydrogen-bond donors (Lipinski definition) is 2. The van der Waals surface area contributed by atoms with Gasteiger partial charge in [-0.15, -0.1) is 0 Å². The first-order valence-corrected chi connectivity index (χ1v) is 6.62. The Labute approximate surface area is 114 Å². The van der Waals surface area contributed by atoms with Gasteiger partial charge in [0, 0.05) is 30.7 Å². The van der Waals surface area contributed by atoms with E-state index in [2.05, 4.69) is 10.3 Å². The molecule has 0 saturated heterocycles. The van der Waals surface area contributed by atoms with Gasteiger partial charge in [-0.1, -0.05) is 0 Å². The smallest absolute Gasteiger partial charge is 0.254 e. The first-order valence-electron chi connectivity index (χ1n) is 6.62. The summed E-state index contributed by atoms with van der Waals surface area (Å²) in [7, 11) is 0. The summed E-state index contributed by atoms with van der Waals surface area (Å²) < 4.78 is 5.42. The maximum atomic E-state index is 11.9. The van der Waals surface area contributed by atoms with Gasteiger partial charge in [-0.25, -0.2) is 0 Å². The standard InChI is InChI=1S/C14H23N3O2/c1-10(2)19-7-5-4-6-16-14(18)12-9-17-11(3)8-13(12)15/h8-10H,4-7H2,1-3H3,(H2,15,17)(H,16,18). The number of carbonyl (C=O) groups excluding carboxylic acids is 1. The van der Waals surface area contributed by atoms with E-state index in [4.69, 9.17) is 10.5 Å². The summed E-state index contributed by atoms with van der Waals surface area (Å²) in [5.41, 5.74) is 7.49. The molecular weight excluding hydrogens is 242 g/mol. The van der Waals surface area contributed by atoms with Crippen LogP contribution in [0.2, 0.25) is 0 Å². The first-order chi connectivity index (χ1) is 9.00. The van der Waals surface area contributed by atoms with Crippen molar-refractivity contribution < 1.29 is 9.53 Å². The number of nitrogen functional groups attached to an aromatic ring is 1. The van der Waals surface area contributed by atoms with Crippen LogP contribution in [0.25, 0.3) is 0 Å². The molecule has 0 atom stereocenters. The number of nitrogens with zero attached hydrogens (tertiary/aromatic N) is 1. The Kier molecular flexibility index (Phi) is 6.29. The zero-order chi connectivity index (χ0) is 14.3. The second-order valence-electron chi connectivity index (χ2n) is 4.80. The quantitative estimate of drug-likeness (QED) is 0.738. The highest BCUT2D eigenvalue weighted by atomic mass is 16.5. The summed E-state index contributed by atoms with van der Waals surface area (Å²) in [5.74, 6) is -0.172. The maximum absolute atomic E-state index is 11.9. The van der Waals surface area contributed by atoms with Gasteiger partial charge in [0.15, 0.2) is 0 Å². The van der Waals surface area contributed by atoms with Gasteiger partial charge in [0.25, 0.3) is 5.91 Å². The van der Waals surface area contributed by atoms with Crippen molar-refractivity contribution in [3.8, 4) is 0 Å². The van der Waals surface area contributed by atoms with E-state index in [0.717, 1.165) is 25.1 Å². The molecule has 0 aromatic carbocycles. The van der Waals surface area contributed by atoms with Gasteiger partial charge < -0.3 is 15.8 Å². The average Bonchev–Trinajstić information content (AvgIpc) is 2.32. The molecule has 0 fully saturated rings. The molecule has 0 aliphatic rings. The van der Waals surface area contributed by atoms with E-state index in [1.165, 1.54) is 6.20 Å². The summed E-state index contributed by atoms with van der Waals surface area (Å²) in [4.78, 5) is 15.9. The minimum absolute atomic E-state index is 0.172. The van der Waals surface area contributed by atoms with E-state index in [-0.39, 0.29) is 12.0 Å². The van der Waals surface area contributed by atoms with Crippen molar-refractivity contribution in [3.05, 3.63) is 23.5 Å². The number of carbonyl (C=O) groups is 1. The largest absolute Gasteiger partial charge is 0.398 e. The van der Waals surface area contributed by atoms with E-state index < -0.39 is 0 Å². The molecule has 1 aromatic heterocycles. The van der Waals surface area contributed by atoms with Crippen LogP contribution in [-0.4, -0.2) is 30.1 Å². The molecule has 0 bridgehead atoms. The number of ether oxygens (including phenoxy) is 1. The molecule has 0 saturated carbocycles. The number of unbranched alkanes of at least 4 members (excludes halogenated alkanes) is 1. The van der Waals surface area contributed by atoms with Crippen molar-refractivity contribution in [2.24, 2.45) is 0 Å². The lowest BCUT2D eigenvalue weighted by Crippen LogP contribution is -2.25. The zero-order valence-corrected chi connectivity index (χ0v) is 11.9. The first kappa shape index (κ1) is 15.4. The van der Waals surface area contributed by atoms with Gasteiger partial charge in [-0.2, -0.15) is 0 Å². The van der Waals surface area contributed by atoms with Crippen LogP contribution in [0.1, 0.15) is 42.7 Å². The normalized spacial score (nSPS) is 10.7. The Morgan fingerprint density at radius 2 is 2.21 bits per heavy atom. The van der Waals surface area contributed by atoms with Crippen LogP contribution in [0.4, 0.5) is 5.69 Å². The van der Waals surface area contributed by atoms with Gasteiger partial charge in [-0.05, 0) is 39.7 Å². The van der Waals surface area contributed by atoms with Crippen LogP contribution in [0, 0.1) is 6.92 Å². The molecule has 106 valence electrons. The third-order valence-electron chi connectivity index (χ3n) is 2.63. The Hall–Kier alpha value is -1.62. The number of rotatable bonds is 7. The van der Waals surface area contributed by atoms with Gasteiger partial charge in [0.2, 0.25) is 0 Å². The van der Waals surface area contributed by atoms with Gasteiger partial charge in [0.1, 0.15) is 0 Å². The second-order valence-corrected chi connectivity index (χ2v) is 4.80. The summed E-state index contributed by atoms with van der Waals surface area (Å²) in [6.45, 7) is 7.20. The lowest BCUT2D eigenvalue weighted by molar-refractivity contribution is 0.0754. The number of aryl methyl sites for hydroxylation is 1. The molecule has 5 nitrogen and oxygen atoms in total. The molecule has 1 amide bonds. The zero-order valence-electron chi connectivity index (χ0n) is 11.9. The Balaban J connectivity index is 2.28. The topological polar surface area (TPSA) is 77.2 Å². The number of nitrogens with one attached hydrogen (secondary N) is 1. The highest BCUT2D eigenvalue weighted by Gasteiger charge is 2.09. The number of nitrogens with two attached hydrogens (primary N) is 1.